The topological polar surface area (TPSA) is 47.0 Å². The molecule has 0 saturated carbocycles. The third-order valence-corrected chi connectivity index (χ3v) is 2.45. The molecule has 1 N–H and O–H groups in total. The fourth-order valence-electron chi connectivity index (χ4n) is 1.81. The Morgan fingerprint density at radius 2 is 2.19 bits per heavy atom. The molecule has 1 atom stereocenters. The van der Waals surface area contributed by atoms with Crippen molar-refractivity contribution in [2.24, 2.45) is 0 Å². The third kappa shape index (κ3) is 2.92. The normalized spacial score (nSPS) is 21.1. The summed E-state index contributed by atoms with van der Waals surface area (Å²) in [6.45, 7) is 7.18. The molecule has 2 heterocycles. The minimum absolute atomic E-state index is 0.0160. The van der Waals surface area contributed by atoms with Crippen LogP contribution in [0, 0.1) is 0 Å². The molecular weight excluding hydrogens is 202 g/mol. The van der Waals surface area contributed by atoms with Crippen molar-refractivity contribution in [2.75, 3.05) is 11.9 Å². The van der Waals surface area contributed by atoms with E-state index in [-0.39, 0.29) is 11.6 Å². The minimum atomic E-state index is 0.0160. The number of ether oxygens (including phenoxy) is 1. The summed E-state index contributed by atoms with van der Waals surface area (Å²) in [5, 5.41) is 3.34. The molecule has 4 nitrogen and oxygen atoms in total. The maximum Gasteiger partial charge on any atom is 0.130 e. The van der Waals surface area contributed by atoms with E-state index in [1.165, 1.54) is 0 Å². The molecule has 2 rings (SSSR count). The second-order valence-electron chi connectivity index (χ2n) is 5.20. The van der Waals surface area contributed by atoms with Gasteiger partial charge in [-0.3, -0.25) is 0 Å². The fraction of sp³-hybridized carbons (Fsp3) is 0.667. The van der Waals surface area contributed by atoms with Crippen molar-refractivity contribution in [3.63, 3.8) is 0 Å². The first-order valence-corrected chi connectivity index (χ1v) is 5.76. The summed E-state index contributed by atoms with van der Waals surface area (Å²) in [5.74, 6) is 0.869. The molecule has 0 bridgehead atoms. The first-order chi connectivity index (χ1) is 7.54. The summed E-state index contributed by atoms with van der Waals surface area (Å²) < 4.78 is 5.61. The predicted octanol–water partition coefficient (Wildman–Crippen LogP) is 2.54. The van der Waals surface area contributed by atoms with Gasteiger partial charge in [-0.15, -0.1) is 0 Å². The Hall–Kier alpha value is -1.16. The lowest BCUT2D eigenvalue weighted by molar-refractivity contribution is 0.108. The molecule has 1 unspecified atom stereocenters. The maximum absolute atomic E-state index is 5.61. The van der Waals surface area contributed by atoms with E-state index in [4.69, 9.17) is 4.74 Å². The Morgan fingerprint density at radius 3 is 2.81 bits per heavy atom. The average molecular weight is 221 g/mol. The van der Waals surface area contributed by atoms with Crippen molar-refractivity contribution in [3.8, 4) is 0 Å². The zero-order valence-electron chi connectivity index (χ0n) is 10.2. The van der Waals surface area contributed by atoms with Gasteiger partial charge in [0.15, 0.2) is 0 Å². The van der Waals surface area contributed by atoms with E-state index in [1.807, 2.05) is 6.07 Å². The molecule has 0 spiro atoms. The molecule has 1 aliphatic rings. The quantitative estimate of drug-likeness (QED) is 0.833. The first-order valence-electron chi connectivity index (χ1n) is 5.76. The summed E-state index contributed by atoms with van der Waals surface area (Å²) in [5.41, 5.74) is 1.00. The smallest absolute Gasteiger partial charge is 0.130 e. The lowest BCUT2D eigenvalue weighted by Crippen LogP contribution is -2.26. The van der Waals surface area contributed by atoms with Gasteiger partial charge in [0, 0.05) is 18.2 Å². The molecule has 0 amide bonds. The second kappa shape index (κ2) is 4.37. The largest absolute Gasteiger partial charge is 0.372 e. The molecule has 0 radical (unpaired) electrons. The molecule has 1 aromatic rings. The van der Waals surface area contributed by atoms with Gasteiger partial charge >= 0.3 is 0 Å². The van der Waals surface area contributed by atoms with Crippen LogP contribution in [0.2, 0.25) is 0 Å². The summed E-state index contributed by atoms with van der Waals surface area (Å²) >= 11 is 0. The number of anilines is 1. The highest BCUT2D eigenvalue weighted by atomic mass is 16.5. The zero-order valence-corrected chi connectivity index (χ0v) is 10.2. The Balaban J connectivity index is 2.12. The fourth-order valence-corrected chi connectivity index (χ4v) is 1.81. The van der Waals surface area contributed by atoms with Crippen molar-refractivity contribution in [3.05, 3.63) is 18.1 Å². The van der Waals surface area contributed by atoms with Crippen LogP contribution in [-0.4, -0.2) is 22.1 Å². The van der Waals surface area contributed by atoms with Gasteiger partial charge in [0.1, 0.15) is 12.1 Å². The SMILES string of the molecule is CC(C)(C)Nc1cc(C2CCCO2)ncn1. The molecule has 4 heteroatoms. The van der Waals surface area contributed by atoms with Crippen LogP contribution >= 0.6 is 0 Å². The van der Waals surface area contributed by atoms with Crippen LogP contribution in [0.5, 0.6) is 0 Å². The Labute approximate surface area is 96.4 Å². The Kier molecular flexibility index (Phi) is 3.10. The number of hydrogen-bond donors (Lipinski definition) is 1. The molecule has 88 valence electrons. The highest BCUT2D eigenvalue weighted by Gasteiger charge is 2.20. The van der Waals surface area contributed by atoms with Gasteiger partial charge < -0.3 is 10.1 Å². The van der Waals surface area contributed by atoms with E-state index in [2.05, 4.69) is 36.1 Å². The molecular formula is C12H19N3O. The summed E-state index contributed by atoms with van der Waals surface area (Å²) in [6, 6.07) is 1.99. The van der Waals surface area contributed by atoms with E-state index in [9.17, 15) is 0 Å². The lowest BCUT2D eigenvalue weighted by atomic mass is 10.1. The third-order valence-electron chi connectivity index (χ3n) is 2.45. The Bertz CT molecular complexity index is 354. The van der Waals surface area contributed by atoms with Crippen molar-refractivity contribution < 1.29 is 4.74 Å². The molecule has 0 aliphatic carbocycles. The van der Waals surface area contributed by atoms with E-state index in [0.29, 0.717) is 0 Å². The van der Waals surface area contributed by atoms with Crippen molar-refractivity contribution in [1.29, 1.82) is 0 Å². The maximum atomic E-state index is 5.61. The monoisotopic (exact) mass is 221 g/mol. The molecule has 0 aromatic carbocycles. The first kappa shape index (κ1) is 11.3. The van der Waals surface area contributed by atoms with Crippen LogP contribution in [0.15, 0.2) is 12.4 Å². The molecule has 1 saturated heterocycles. The van der Waals surface area contributed by atoms with E-state index in [0.717, 1.165) is 31.0 Å². The molecule has 1 fully saturated rings. The lowest BCUT2D eigenvalue weighted by Gasteiger charge is -2.21. The van der Waals surface area contributed by atoms with Crippen molar-refractivity contribution in [1.82, 2.24) is 9.97 Å². The zero-order chi connectivity index (χ0) is 11.6. The highest BCUT2D eigenvalue weighted by Crippen LogP contribution is 2.27. The van der Waals surface area contributed by atoms with Gasteiger partial charge in [-0.25, -0.2) is 9.97 Å². The Morgan fingerprint density at radius 1 is 1.38 bits per heavy atom. The van der Waals surface area contributed by atoms with Crippen LogP contribution in [0.4, 0.5) is 5.82 Å². The standard InChI is InChI=1S/C12H19N3O/c1-12(2,3)15-11-7-9(13-8-14-11)10-5-4-6-16-10/h7-8,10H,4-6H2,1-3H3,(H,13,14,15). The number of nitrogens with zero attached hydrogens (tertiary/aromatic N) is 2. The summed E-state index contributed by atoms with van der Waals surface area (Å²) in [4.78, 5) is 8.49. The van der Waals surface area contributed by atoms with Gasteiger partial charge in [-0.05, 0) is 33.6 Å². The van der Waals surface area contributed by atoms with Gasteiger partial charge in [0.2, 0.25) is 0 Å². The number of nitrogens with one attached hydrogen (secondary N) is 1. The second-order valence-corrected chi connectivity index (χ2v) is 5.20. The summed E-state index contributed by atoms with van der Waals surface area (Å²) in [7, 11) is 0. The predicted molar refractivity (Wildman–Crippen MR) is 63.3 cm³/mol. The van der Waals surface area contributed by atoms with Gasteiger partial charge in [-0.2, -0.15) is 0 Å². The number of rotatable bonds is 2. The van der Waals surface area contributed by atoms with Gasteiger partial charge in [-0.1, -0.05) is 0 Å². The van der Waals surface area contributed by atoms with E-state index in [1.54, 1.807) is 6.33 Å². The van der Waals surface area contributed by atoms with Crippen molar-refractivity contribution in [2.45, 2.75) is 45.3 Å². The number of aromatic nitrogens is 2. The van der Waals surface area contributed by atoms with Gasteiger partial charge in [0.25, 0.3) is 0 Å². The minimum Gasteiger partial charge on any atom is -0.372 e. The molecule has 1 aliphatic heterocycles. The van der Waals surface area contributed by atoms with Crippen LogP contribution in [-0.2, 0) is 4.74 Å². The van der Waals surface area contributed by atoms with E-state index < -0.39 is 0 Å². The van der Waals surface area contributed by atoms with Crippen LogP contribution < -0.4 is 5.32 Å². The average Bonchev–Trinajstić information content (AvgIpc) is 2.68. The van der Waals surface area contributed by atoms with Crippen LogP contribution in [0.25, 0.3) is 0 Å². The van der Waals surface area contributed by atoms with E-state index >= 15 is 0 Å². The molecule has 1 aromatic heterocycles. The van der Waals surface area contributed by atoms with Crippen LogP contribution in [0.3, 0.4) is 0 Å². The van der Waals surface area contributed by atoms with Crippen LogP contribution in [0.1, 0.15) is 45.4 Å². The van der Waals surface area contributed by atoms with Crippen molar-refractivity contribution >= 4 is 5.82 Å². The number of hydrogen-bond acceptors (Lipinski definition) is 4. The highest BCUT2D eigenvalue weighted by molar-refractivity contribution is 5.37. The van der Waals surface area contributed by atoms with Gasteiger partial charge in [0.05, 0.1) is 11.8 Å². The summed E-state index contributed by atoms with van der Waals surface area (Å²) in [6.07, 6.45) is 3.94. The molecule has 16 heavy (non-hydrogen) atoms.